The molecule has 4 saturated heterocycles. The third-order valence-corrected chi connectivity index (χ3v) is 13.3. The number of likely N-dealkylation sites (N-methyl/N-ethyl adjacent to an activating group) is 1. The van der Waals surface area contributed by atoms with E-state index in [0.717, 1.165) is 0 Å². The van der Waals surface area contributed by atoms with Crippen molar-refractivity contribution in [2.45, 2.75) is 212 Å². The van der Waals surface area contributed by atoms with E-state index in [1.165, 1.54) is 14.0 Å². The molecule has 0 saturated carbocycles. The van der Waals surface area contributed by atoms with Crippen LogP contribution in [0.15, 0.2) is 4.99 Å². The van der Waals surface area contributed by atoms with E-state index in [2.05, 4.69) is 0 Å². The second kappa shape index (κ2) is 18.6. The quantitative estimate of drug-likeness (QED) is 0.307. The number of esters is 1. The summed E-state index contributed by atoms with van der Waals surface area (Å²) in [6, 6.07) is 0.365. The number of Topliss-reactive ketones (excluding diaryl/α,β-unsaturated/α-hetero) is 1. The fraction of sp³-hybridized carbons (Fsp3) is 0.930. The summed E-state index contributed by atoms with van der Waals surface area (Å²) in [6.45, 7) is 23.7. The van der Waals surface area contributed by atoms with Gasteiger partial charge in [0, 0.05) is 45.9 Å². The zero-order valence-electron chi connectivity index (χ0n) is 38.0. The summed E-state index contributed by atoms with van der Waals surface area (Å²) in [5.41, 5.74) is -4.50. The maximum absolute atomic E-state index is 14.4. The van der Waals surface area contributed by atoms with E-state index in [1.54, 1.807) is 41.7 Å². The minimum atomic E-state index is -1.88. The maximum atomic E-state index is 14.4. The van der Waals surface area contributed by atoms with Gasteiger partial charge < -0.3 is 58.1 Å². The number of amidine groups is 1. The lowest BCUT2D eigenvalue weighted by Gasteiger charge is -2.49. The van der Waals surface area contributed by atoms with Gasteiger partial charge in [0.2, 0.25) is 0 Å². The summed E-state index contributed by atoms with van der Waals surface area (Å²) in [7, 11) is 5.04. The van der Waals surface area contributed by atoms with E-state index in [4.69, 9.17) is 42.9 Å². The lowest BCUT2D eigenvalue weighted by molar-refractivity contribution is -0.315. The predicted molar refractivity (Wildman–Crippen MR) is 216 cm³/mol. The number of rotatable bonds is 7. The first-order chi connectivity index (χ1) is 26.7. The third-order valence-electron chi connectivity index (χ3n) is 13.3. The van der Waals surface area contributed by atoms with Crippen LogP contribution in [-0.2, 0) is 47.5 Å². The molecule has 0 unspecified atom stereocenters. The van der Waals surface area contributed by atoms with Gasteiger partial charge in [-0.15, -0.1) is 0 Å². The smallest absolute Gasteiger partial charge is 0.311 e. The highest BCUT2D eigenvalue weighted by molar-refractivity contribution is 5.81. The molecule has 0 aromatic heterocycles. The van der Waals surface area contributed by atoms with Crippen LogP contribution in [0.4, 0.5) is 0 Å². The molecule has 3 N–H and O–H groups in total. The van der Waals surface area contributed by atoms with Crippen LogP contribution in [0, 0.1) is 23.7 Å². The monoisotopic (exact) mass is 829 g/mol. The molecule has 0 bridgehead atoms. The number of methoxy groups -OCH3 is 2. The first-order valence-electron chi connectivity index (χ1n) is 21.3. The van der Waals surface area contributed by atoms with Crippen molar-refractivity contribution in [1.29, 1.82) is 0 Å². The molecule has 4 aliphatic rings. The van der Waals surface area contributed by atoms with E-state index < -0.39 is 107 Å². The van der Waals surface area contributed by atoms with Crippen molar-refractivity contribution in [2.75, 3.05) is 21.3 Å². The van der Waals surface area contributed by atoms with Crippen LogP contribution in [0.1, 0.15) is 122 Å². The Bertz CT molecular complexity index is 1440. The topological polar surface area (TPSA) is 184 Å². The van der Waals surface area contributed by atoms with Gasteiger partial charge >= 0.3 is 5.97 Å². The van der Waals surface area contributed by atoms with Gasteiger partial charge in [0.05, 0.1) is 59.2 Å². The Morgan fingerprint density at radius 2 is 1.52 bits per heavy atom. The second-order valence-corrected chi connectivity index (χ2v) is 19.4. The minimum absolute atomic E-state index is 0.0315. The van der Waals surface area contributed by atoms with Gasteiger partial charge in [-0.3, -0.25) is 9.59 Å². The number of ketones is 1. The molecule has 0 radical (unpaired) electrons. The van der Waals surface area contributed by atoms with E-state index >= 15 is 0 Å². The van der Waals surface area contributed by atoms with E-state index in [0.29, 0.717) is 12.4 Å². The lowest BCUT2D eigenvalue weighted by atomic mass is 9.76. The van der Waals surface area contributed by atoms with Gasteiger partial charge in [0.25, 0.3) is 6.02 Å². The molecule has 0 spiro atoms. The number of aliphatic hydroxyl groups is 3. The SMILES string of the molecule is CC[C@H]1OC(=O)[C@H](C)[C@@H](O[C@H]2C[C@@](C)(OC)[C@@H](O)[C@H](C)O2)[C@H](C)[C@@H](O[C@@H]2O[C@H](C)C[C@H]3[C@H]2OC(=NC(C)(C)C)N3C)[C@](C)(OC)C[C@@H](C)C(=O)C[C@H](C)[C@@H](O)[C@]1(C)O. The number of fused-ring (bicyclic) bond motifs is 1. The molecule has 4 heterocycles. The molecular weight excluding hydrogens is 752 g/mol. The summed E-state index contributed by atoms with van der Waals surface area (Å²) in [5, 5.41) is 34.3. The number of cyclic esters (lactones) is 1. The fourth-order valence-corrected chi connectivity index (χ4v) is 9.42. The van der Waals surface area contributed by atoms with Gasteiger partial charge in [0.1, 0.15) is 23.6 Å². The molecule has 0 amide bonds. The molecular formula is C43H76N2O13. The summed E-state index contributed by atoms with van der Waals surface area (Å²) < 4.78 is 51.6. The first-order valence-corrected chi connectivity index (χ1v) is 21.3. The lowest BCUT2D eigenvalue weighted by Crippen LogP contribution is -2.60. The molecule has 0 aliphatic carbocycles. The third kappa shape index (κ3) is 10.4. The minimum Gasteiger partial charge on any atom is -0.459 e. The molecule has 4 aliphatic heterocycles. The predicted octanol–water partition coefficient (Wildman–Crippen LogP) is 4.39. The number of nitrogens with zero attached hydrogens (tertiary/aromatic N) is 2. The average Bonchev–Trinajstić information content (AvgIpc) is 3.44. The Balaban J connectivity index is 1.88. The second-order valence-electron chi connectivity index (χ2n) is 19.4. The van der Waals surface area contributed by atoms with Gasteiger partial charge in [0.15, 0.2) is 18.7 Å². The van der Waals surface area contributed by atoms with Gasteiger partial charge in [-0.2, -0.15) is 0 Å². The van der Waals surface area contributed by atoms with Crippen LogP contribution >= 0.6 is 0 Å². The molecule has 0 aromatic carbocycles. The molecule has 15 nitrogen and oxygen atoms in total. The highest BCUT2D eigenvalue weighted by atomic mass is 16.7. The van der Waals surface area contributed by atoms with Gasteiger partial charge in [-0.1, -0.05) is 27.7 Å². The first kappa shape index (κ1) is 48.7. The highest BCUT2D eigenvalue weighted by Crippen LogP contribution is 2.42. The average molecular weight is 829 g/mol. The fourth-order valence-electron chi connectivity index (χ4n) is 9.42. The van der Waals surface area contributed by atoms with Crippen LogP contribution in [0.25, 0.3) is 0 Å². The Labute approximate surface area is 346 Å². The van der Waals surface area contributed by atoms with Crippen molar-refractivity contribution >= 4 is 17.8 Å². The summed E-state index contributed by atoms with van der Waals surface area (Å²) >= 11 is 0. The Hall–Kier alpha value is -1.95. The van der Waals surface area contributed by atoms with Crippen molar-refractivity contribution in [2.24, 2.45) is 28.7 Å². The van der Waals surface area contributed by atoms with Crippen molar-refractivity contribution in [3.8, 4) is 0 Å². The van der Waals surface area contributed by atoms with Crippen LogP contribution in [0.3, 0.4) is 0 Å². The van der Waals surface area contributed by atoms with Gasteiger partial charge in [-0.05, 0) is 87.5 Å². The summed E-state index contributed by atoms with van der Waals surface area (Å²) in [5.74, 6) is -3.73. The van der Waals surface area contributed by atoms with Crippen molar-refractivity contribution in [1.82, 2.24) is 4.90 Å². The number of aliphatic hydroxyl groups excluding tert-OH is 2. The normalized spacial score (nSPS) is 47.2. The molecule has 15 heteroatoms. The van der Waals surface area contributed by atoms with Crippen molar-refractivity contribution in [3.05, 3.63) is 0 Å². The van der Waals surface area contributed by atoms with Crippen molar-refractivity contribution < 1.29 is 62.8 Å². The largest absolute Gasteiger partial charge is 0.459 e. The van der Waals surface area contributed by atoms with Crippen LogP contribution in [0.2, 0.25) is 0 Å². The number of hydrogen-bond acceptors (Lipinski definition) is 14. The van der Waals surface area contributed by atoms with E-state index in [-0.39, 0.29) is 43.6 Å². The number of carbonyl (C=O) groups is 2. The zero-order valence-corrected chi connectivity index (χ0v) is 38.0. The van der Waals surface area contributed by atoms with Gasteiger partial charge in [-0.25, -0.2) is 4.99 Å². The molecule has 58 heavy (non-hydrogen) atoms. The van der Waals surface area contributed by atoms with E-state index in [9.17, 15) is 24.9 Å². The van der Waals surface area contributed by atoms with Crippen LogP contribution in [-0.4, -0.2) is 149 Å². The maximum Gasteiger partial charge on any atom is 0.311 e. The Kier molecular flexibility index (Phi) is 15.6. The summed E-state index contributed by atoms with van der Waals surface area (Å²) in [6.07, 6.45) is -7.52. The molecule has 0 aromatic rings. The zero-order chi connectivity index (χ0) is 43.9. The summed E-state index contributed by atoms with van der Waals surface area (Å²) in [4.78, 5) is 35.3. The van der Waals surface area contributed by atoms with E-state index in [1.807, 2.05) is 60.4 Å². The van der Waals surface area contributed by atoms with Crippen LogP contribution < -0.4 is 0 Å². The number of aliphatic imine (C=N–C) groups is 1. The Morgan fingerprint density at radius 1 is 0.897 bits per heavy atom. The van der Waals surface area contributed by atoms with Crippen molar-refractivity contribution in [3.63, 3.8) is 0 Å². The Morgan fingerprint density at radius 3 is 2.09 bits per heavy atom. The number of ether oxygens (including phenoxy) is 8. The molecule has 336 valence electrons. The number of carbonyl (C=O) groups excluding carboxylic acids is 2. The highest BCUT2D eigenvalue weighted by Gasteiger charge is 2.55. The molecule has 4 rings (SSSR count). The molecule has 4 fully saturated rings. The standard InChI is InChI=1S/C43H76N2O13/c1-17-30-43(13,50)34(47)22(2)18-29(46)23(3)20-42(12,52-16)36(58-38-33-28(19-24(4)53-38)45(14)39(57-33)44-40(8,9)10)25(5)32(26(6)37(49)55-30)56-31-21-41(11,51-15)35(48)27(7)54-31/h22-28,30-36,38,47-48,50H,17-21H2,1-16H3/t22-,23+,24+,25-,26+,27-,28-,30+,31-,32-,33+,34+,35-,36+,38-,41+,42+,43+/m0/s1. The van der Waals surface area contributed by atoms with Crippen LogP contribution in [0.5, 0.6) is 0 Å². The molecule has 18 atom stereocenters. The number of hydrogen-bond donors (Lipinski definition) is 3.